The van der Waals surface area contributed by atoms with Gasteiger partial charge in [0.25, 0.3) is 0 Å². The highest BCUT2D eigenvalue weighted by Crippen LogP contribution is 2.19. The second kappa shape index (κ2) is 6.23. The van der Waals surface area contributed by atoms with E-state index < -0.39 is 12.0 Å². The normalized spacial score (nSPS) is 19.5. The summed E-state index contributed by atoms with van der Waals surface area (Å²) in [6.07, 6.45) is 0. The second-order valence-corrected chi connectivity index (χ2v) is 5.89. The van der Waals surface area contributed by atoms with E-state index in [9.17, 15) is 9.90 Å². The van der Waals surface area contributed by atoms with Gasteiger partial charge in [-0.15, -0.1) is 5.10 Å². The Morgan fingerprint density at radius 1 is 1.38 bits per heavy atom. The predicted octanol–water partition coefficient (Wildman–Crippen LogP) is 0.664. The Balaban J connectivity index is 1.82. The van der Waals surface area contributed by atoms with E-state index in [1.54, 1.807) is 16.4 Å². The van der Waals surface area contributed by atoms with Gasteiger partial charge in [-0.2, -0.15) is 16.4 Å². The Bertz CT molecular complexity index is 618. The molecule has 1 aliphatic rings. The lowest BCUT2D eigenvalue weighted by molar-refractivity contribution is -0.142. The number of aromatic nitrogens is 4. The molecule has 0 aliphatic carbocycles. The molecule has 110 valence electrons. The van der Waals surface area contributed by atoms with Crippen LogP contribution in [-0.4, -0.2) is 60.3 Å². The minimum absolute atomic E-state index is 0.430. The maximum Gasteiger partial charge on any atom is 0.321 e. The summed E-state index contributed by atoms with van der Waals surface area (Å²) >= 11 is 1.67. The van der Waals surface area contributed by atoms with Crippen LogP contribution < -0.4 is 0 Å². The molecule has 1 unspecified atom stereocenters. The monoisotopic (exact) mass is 305 g/mol. The van der Waals surface area contributed by atoms with Crippen molar-refractivity contribution in [2.24, 2.45) is 0 Å². The second-order valence-electron chi connectivity index (χ2n) is 4.74. The number of benzene rings is 1. The number of carboxylic acid groups (broad SMARTS) is 1. The van der Waals surface area contributed by atoms with Crippen molar-refractivity contribution < 1.29 is 9.90 Å². The van der Waals surface area contributed by atoms with Crippen LogP contribution in [0.5, 0.6) is 0 Å². The van der Waals surface area contributed by atoms with Crippen molar-refractivity contribution in [2.75, 3.05) is 18.1 Å². The van der Waals surface area contributed by atoms with Gasteiger partial charge in [0.2, 0.25) is 0 Å². The fourth-order valence-electron chi connectivity index (χ4n) is 2.31. The fourth-order valence-corrected chi connectivity index (χ4v) is 3.42. The first-order valence-electron chi connectivity index (χ1n) is 6.63. The number of nitrogens with zero attached hydrogens (tertiary/aromatic N) is 5. The van der Waals surface area contributed by atoms with Crippen molar-refractivity contribution >= 4 is 17.7 Å². The van der Waals surface area contributed by atoms with E-state index in [1.807, 2.05) is 35.2 Å². The van der Waals surface area contributed by atoms with E-state index in [2.05, 4.69) is 15.5 Å². The molecule has 1 aliphatic heterocycles. The van der Waals surface area contributed by atoms with E-state index in [1.165, 1.54) is 0 Å². The van der Waals surface area contributed by atoms with Gasteiger partial charge in [0.15, 0.2) is 5.82 Å². The number of carboxylic acids is 1. The highest BCUT2D eigenvalue weighted by atomic mass is 32.2. The van der Waals surface area contributed by atoms with E-state index in [0.717, 1.165) is 18.0 Å². The SMILES string of the molecule is O=C(O)C1CSCCN1Cc1nnnn1-c1ccccc1. The lowest BCUT2D eigenvalue weighted by atomic mass is 10.2. The molecule has 1 atom stereocenters. The van der Waals surface area contributed by atoms with Gasteiger partial charge >= 0.3 is 5.97 Å². The maximum atomic E-state index is 11.3. The van der Waals surface area contributed by atoms with Gasteiger partial charge in [-0.05, 0) is 22.6 Å². The van der Waals surface area contributed by atoms with Crippen molar-refractivity contribution in [2.45, 2.75) is 12.6 Å². The summed E-state index contributed by atoms with van der Waals surface area (Å²) in [7, 11) is 0. The van der Waals surface area contributed by atoms with Crippen LogP contribution in [0.15, 0.2) is 30.3 Å². The van der Waals surface area contributed by atoms with E-state index in [0.29, 0.717) is 18.1 Å². The molecule has 1 fully saturated rings. The van der Waals surface area contributed by atoms with Gasteiger partial charge in [-0.3, -0.25) is 9.69 Å². The number of aliphatic carboxylic acids is 1. The molecule has 0 saturated carbocycles. The largest absolute Gasteiger partial charge is 0.480 e. The number of hydrogen-bond donors (Lipinski definition) is 1. The number of para-hydroxylation sites is 1. The van der Waals surface area contributed by atoms with Crippen LogP contribution >= 0.6 is 11.8 Å². The van der Waals surface area contributed by atoms with Crippen molar-refractivity contribution in [1.29, 1.82) is 0 Å². The molecule has 21 heavy (non-hydrogen) atoms. The molecule has 1 saturated heterocycles. The van der Waals surface area contributed by atoms with Crippen molar-refractivity contribution in [1.82, 2.24) is 25.1 Å². The number of thioether (sulfide) groups is 1. The molecule has 0 radical (unpaired) electrons. The Kier molecular flexibility index (Phi) is 4.16. The summed E-state index contributed by atoms with van der Waals surface area (Å²) < 4.78 is 1.65. The number of carbonyl (C=O) groups is 1. The average Bonchev–Trinajstić information content (AvgIpc) is 2.96. The minimum Gasteiger partial charge on any atom is -0.480 e. The van der Waals surface area contributed by atoms with Crippen LogP contribution in [-0.2, 0) is 11.3 Å². The van der Waals surface area contributed by atoms with Gasteiger partial charge in [0.05, 0.1) is 12.2 Å². The lowest BCUT2D eigenvalue weighted by Crippen LogP contribution is -2.47. The molecule has 1 aromatic carbocycles. The van der Waals surface area contributed by atoms with Crippen molar-refractivity contribution in [3.8, 4) is 5.69 Å². The summed E-state index contributed by atoms with van der Waals surface area (Å²) in [6.45, 7) is 1.16. The van der Waals surface area contributed by atoms with Gasteiger partial charge in [-0.25, -0.2) is 0 Å². The predicted molar refractivity (Wildman–Crippen MR) is 78.3 cm³/mol. The van der Waals surface area contributed by atoms with Crippen LogP contribution in [0.2, 0.25) is 0 Å². The number of hydrogen-bond acceptors (Lipinski definition) is 6. The zero-order chi connectivity index (χ0) is 14.7. The summed E-state index contributed by atoms with van der Waals surface area (Å²) in [5.41, 5.74) is 0.871. The third-order valence-electron chi connectivity index (χ3n) is 3.40. The van der Waals surface area contributed by atoms with Crippen LogP contribution in [0.1, 0.15) is 5.82 Å². The molecule has 3 rings (SSSR count). The van der Waals surface area contributed by atoms with E-state index in [-0.39, 0.29) is 0 Å². The zero-order valence-corrected chi connectivity index (χ0v) is 12.1. The lowest BCUT2D eigenvalue weighted by Gasteiger charge is -2.31. The molecule has 1 N–H and O–H groups in total. The first-order valence-corrected chi connectivity index (χ1v) is 7.78. The van der Waals surface area contributed by atoms with Crippen LogP contribution in [0.3, 0.4) is 0 Å². The molecule has 0 amide bonds. The Labute approximate surface area is 125 Å². The molecular weight excluding hydrogens is 290 g/mol. The molecular formula is C13H15N5O2S. The first kappa shape index (κ1) is 14.0. The molecule has 8 heteroatoms. The minimum atomic E-state index is -0.791. The highest BCUT2D eigenvalue weighted by molar-refractivity contribution is 7.99. The van der Waals surface area contributed by atoms with Crippen molar-refractivity contribution in [3.63, 3.8) is 0 Å². The summed E-state index contributed by atoms with van der Waals surface area (Å²) in [4.78, 5) is 13.3. The van der Waals surface area contributed by atoms with Gasteiger partial charge in [0, 0.05) is 18.1 Å². The quantitative estimate of drug-likeness (QED) is 0.888. The third-order valence-corrected chi connectivity index (χ3v) is 4.43. The smallest absolute Gasteiger partial charge is 0.321 e. The maximum absolute atomic E-state index is 11.3. The summed E-state index contributed by atoms with van der Waals surface area (Å²) in [5.74, 6) is 1.39. The van der Waals surface area contributed by atoms with Crippen LogP contribution in [0.25, 0.3) is 5.69 Å². The van der Waals surface area contributed by atoms with E-state index in [4.69, 9.17) is 0 Å². The van der Waals surface area contributed by atoms with Crippen molar-refractivity contribution in [3.05, 3.63) is 36.2 Å². The van der Waals surface area contributed by atoms with Gasteiger partial charge in [0.1, 0.15) is 6.04 Å². The molecule has 2 heterocycles. The topological polar surface area (TPSA) is 84.1 Å². The van der Waals surface area contributed by atoms with Crippen LogP contribution in [0.4, 0.5) is 0 Å². The number of rotatable bonds is 4. The summed E-state index contributed by atoms with van der Waals surface area (Å²) in [5, 5.41) is 21.1. The Morgan fingerprint density at radius 2 is 2.19 bits per heavy atom. The van der Waals surface area contributed by atoms with E-state index >= 15 is 0 Å². The fraction of sp³-hybridized carbons (Fsp3) is 0.385. The van der Waals surface area contributed by atoms with Crippen LogP contribution in [0, 0.1) is 0 Å². The average molecular weight is 305 g/mol. The molecule has 7 nitrogen and oxygen atoms in total. The summed E-state index contributed by atoms with van der Waals surface area (Å²) in [6, 6.07) is 9.11. The van der Waals surface area contributed by atoms with Gasteiger partial charge < -0.3 is 5.11 Å². The molecule has 0 spiro atoms. The third kappa shape index (κ3) is 3.06. The molecule has 1 aromatic heterocycles. The Morgan fingerprint density at radius 3 is 2.95 bits per heavy atom. The zero-order valence-electron chi connectivity index (χ0n) is 11.3. The highest BCUT2D eigenvalue weighted by Gasteiger charge is 2.30. The Hall–Kier alpha value is -1.93. The first-order chi connectivity index (χ1) is 10.3. The molecule has 2 aromatic rings. The molecule has 0 bridgehead atoms. The van der Waals surface area contributed by atoms with Gasteiger partial charge in [-0.1, -0.05) is 18.2 Å². The number of tetrazole rings is 1. The standard InChI is InChI=1S/C13H15N5O2S/c19-13(20)11-9-21-7-6-17(11)8-12-14-15-16-18(12)10-4-2-1-3-5-10/h1-5,11H,6-9H2,(H,19,20).